The average Bonchev–Trinajstić information content (AvgIpc) is 2.74. The molecular formula is C24H19ClN3O3-. The van der Waals surface area contributed by atoms with E-state index >= 15 is 0 Å². The zero-order valence-corrected chi connectivity index (χ0v) is 17.7. The number of anilines is 1. The first-order valence-corrected chi connectivity index (χ1v) is 9.47. The third-order valence-electron chi connectivity index (χ3n) is 5.04. The number of nitro benzene ring substituents is 1. The van der Waals surface area contributed by atoms with Gasteiger partial charge in [0, 0.05) is 28.8 Å². The number of nitrogens with zero attached hydrogens (tertiary/aromatic N) is 2. The number of halogens is 1. The molecule has 0 fully saturated rings. The van der Waals surface area contributed by atoms with E-state index in [4.69, 9.17) is 0 Å². The zero-order valence-electron chi connectivity index (χ0n) is 16.9. The molecule has 31 heavy (non-hydrogen) atoms. The van der Waals surface area contributed by atoms with E-state index in [1.165, 1.54) is 12.1 Å². The third kappa shape index (κ3) is 4.25. The lowest BCUT2D eigenvalue weighted by atomic mass is 9.93. The van der Waals surface area contributed by atoms with Crippen molar-refractivity contribution in [2.75, 3.05) is 5.32 Å². The number of hydrogen-bond donors (Lipinski definition) is 1. The van der Waals surface area contributed by atoms with E-state index < -0.39 is 4.92 Å². The fraction of sp³-hybridized carbons (Fsp3) is 0.0833. The molecule has 6 nitrogen and oxygen atoms in total. The molecule has 0 bridgehead atoms. The van der Waals surface area contributed by atoms with E-state index in [-0.39, 0.29) is 24.0 Å². The zero-order chi connectivity index (χ0) is 21.3. The van der Waals surface area contributed by atoms with Gasteiger partial charge in [-0.1, -0.05) is 48.5 Å². The number of carbonyl (C=O) groups is 1. The number of nitro groups is 1. The molecular weight excluding hydrogens is 414 g/mol. The lowest BCUT2D eigenvalue weighted by Gasteiger charge is -2.16. The maximum atomic E-state index is 13.4. The van der Waals surface area contributed by atoms with Crippen LogP contribution in [0, 0.1) is 24.0 Å². The van der Waals surface area contributed by atoms with Crippen LogP contribution in [0.25, 0.3) is 22.0 Å². The molecule has 0 aliphatic heterocycles. The first-order chi connectivity index (χ1) is 14.5. The highest BCUT2D eigenvalue weighted by Gasteiger charge is 2.22. The largest absolute Gasteiger partial charge is 1.00 e. The predicted molar refractivity (Wildman–Crippen MR) is 118 cm³/mol. The number of nitrogens with one attached hydrogen (secondary N) is 1. The van der Waals surface area contributed by atoms with Crippen LogP contribution in [0.4, 0.5) is 11.4 Å². The molecule has 1 amide bonds. The van der Waals surface area contributed by atoms with Crippen LogP contribution >= 0.6 is 0 Å². The lowest BCUT2D eigenvalue weighted by molar-refractivity contribution is -0.384. The molecule has 3 aromatic carbocycles. The van der Waals surface area contributed by atoms with Crippen LogP contribution in [0.2, 0.25) is 0 Å². The molecule has 0 aliphatic rings. The Morgan fingerprint density at radius 2 is 1.65 bits per heavy atom. The van der Waals surface area contributed by atoms with Crippen molar-refractivity contribution in [1.29, 1.82) is 0 Å². The van der Waals surface area contributed by atoms with E-state index in [0.29, 0.717) is 33.4 Å². The van der Waals surface area contributed by atoms with Crippen LogP contribution in [0.3, 0.4) is 0 Å². The Morgan fingerprint density at radius 3 is 2.32 bits per heavy atom. The number of amides is 1. The smallest absolute Gasteiger partial charge is 0.270 e. The molecule has 1 N–H and O–H groups in total. The lowest BCUT2D eigenvalue weighted by Crippen LogP contribution is -3.00. The maximum Gasteiger partial charge on any atom is 0.270 e. The van der Waals surface area contributed by atoms with Gasteiger partial charge in [0.2, 0.25) is 0 Å². The summed E-state index contributed by atoms with van der Waals surface area (Å²) in [5.74, 6) is -0.304. The molecule has 156 valence electrons. The summed E-state index contributed by atoms with van der Waals surface area (Å²) in [4.78, 5) is 28.8. The Hall–Kier alpha value is -3.77. The molecule has 0 radical (unpaired) electrons. The molecule has 1 aromatic heterocycles. The topological polar surface area (TPSA) is 85.1 Å². The van der Waals surface area contributed by atoms with Crippen molar-refractivity contribution in [3.8, 4) is 11.1 Å². The van der Waals surface area contributed by atoms with Gasteiger partial charge in [-0.25, -0.2) is 0 Å². The molecule has 0 spiro atoms. The molecule has 4 aromatic rings. The maximum absolute atomic E-state index is 13.4. The van der Waals surface area contributed by atoms with Crippen molar-refractivity contribution in [1.82, 2.24) is 4.98 Å². The van der Waals surface area contributed by atoms with Crippen molar-refractivity contribution in [2.24, 2.45) is 0 Å². The van der Waals surface area contributed by atoms with Gasteiger partial charge in [0.05, 0.1) is 21.7 Å². The van der Waals surface area contributed by atoms with Crippen molar-refractivity contribution in [3.05, 3.63) is 99.7 Å². The van der Waals surface area contributed by atoms with E-state index in [2.05, 4.69) is 10.3 Å². The fourth-order valence-electron chi connectivity index (χ4n) is 3.57. The number of hydrogen-bond acceptors (Lipinski definition) is 4. The second-order valence-corrected chi connectivity index (χ2v) is 7.04. The second kappa shape index (κ2) is 8.93. The van der Waals surface area contributed by atoms with Gasteiger partial charge in [0.1, 0.15) is 0 Å². The van der Waals surface area contributed by atoms with Crippen molar-refractivity contribution < 1.29 is 22.1 Å². The van der Waals surface area contributed by atoms with Gasteiger partial charge in [0.15, 0.2) is 0 Å². The van der Waals surface area contributed by atoms with Gasteiger partial charge in [0.25, 0.3) is 11.6 Å². The van der Waals surface area contributed by atoms with E-state index in [1.807, 2.05) is 61.5 Å². The Morgan fingerprint density at radius 1 is 0.968 bits per heavy atom. The van der Waals surface area contributed by atoms with Gasteiger partial charge in [-0.05, 0) is 37.1 Å². The minimum atomic E-state index is -0.443. The summed E-state index contributed by atoms with van der Waals surface area (Å²) in [6, 6.07) is 21.4. The fourth-order valence-corrected chi connectivity index (χ4v) is 3.57. The quantitative estimate of drug-likeness (QED) is 0.397. The minimum Gasteiger partial charge on any atom is -1.00 e. The molecule has 0 atom stereocenters. The number of aromatic nitrogens is 1. The van der Waals surface area contributed by atoms with Crippen LogP contribution in [-0.2, 0) is 0 Å². The van der Waals surface area contributed by atoms with Gasteiger partial charge in [-0.15, -0.1) is 0 Å². The van der Waals surface area contributed by atoms with Crippen LogP contribution in [-0.4, -0.2) is 15.8 Å². The monoisotopic (exact) mass is 432 g/mol. The number of pyridine rings is 1. The Bertz CT molecular complexity index is 1290. The summed E-state index contributed by atoms with van der Waals surface area (Å²) < 4.78 is 0. The molecule has 0 saturated carbocycles. The summed E-state index contributed by atoms with van der Waals surface area (Å²) in [5.41, 5.74) is 4.59. The predicted octanol–water partition coefficient (Wildman–Crippen LogP) is 2.68. The van der Waals surface area contributed by atoms with Crippen molar-refractivity contribution in [3.63, 3.8) is 0 Å². The van der Waals surface area contributed by atoms with E-state index in [9.17, 15) is 14.9 Å². The summed E-state index contributed by atoms with van der Waals surface area (Å²) >= 11 is 0. The van der Waals surface area contributed by atoms with E-state index in [1.54, 1.807) is 13.0 Å². The molecule has 1 heterocycles. The summed E-state index contributed by atoms with van der Waals surface area (Å²) in [6.07, 6.45) is 0. The Labute approximate surface area is 185 Å². The summed E-state index contributed by atoms with van der Waals surface area (Å²) in [6.45, 7) is 3.70. The molecule has 7 heteroatoms. The highest BCUT2D eigenvalue weighted by atomic mass is 35.5. The molecule has 4 rings (SSSR count). The minimum absolute atomic E-state index is 0. The van der Waals surface area contributed by atoms with E-state index in [0.717, 1.165) is 11.1 Å². The highest BCUT2D eigenvalue weighted by molar-refractivity contribution is 6.14. The average molecular weight is 433 g/mol. The number of non-ortho nitro benzene ring substituents is 1. The van der Waals surface area contributed by atoms with Gasteiger partial charge < -0.3 is 17.7 Å². The number of aryl methyl sites for hydroxylation is 2. The highest BCUT2D eigenvalue weighted by Crippen LogP contribution is 2.35. The molecule has 0 unspecified atom stereocenters. The SMILES string of the molecule is Cc1ccccc1NC(=O)c1c(C)nc2ccc([N+](=O)[O-])cc2c1-c1ccccc1.[Cl-]. The second-order valence-electron chi connectivity index (χ2n) is 7.04. The number of fused-ring (bicyclic) bond motifs is 1. The van der Waals surface area contributed by atoms with Crippen LogP contribution in [0.15, 0.2) is 72.8 Å². The van der Waals surface area contributed by atoms with Crippen LogP contribution in [0.1, 0.15) is 21.6 Å². The number of rotatable bonds is 4. The Balaban J connectivity index is 0.00000272. The van der Waals surface area contributed by atoms with Crippen LogP contribution in [0.5, 0.6) is 0 Å². The van der Waals surface area contributed by atoms with Crippen molar-refractivity contribution >= 4 is 28.2 Å². The molecule has 0 aliphatic carbocycles. The third-order valence-corrected chi connectivity index (χ3v) is 5.04. The first-order valence-electron chi connectivity index (χ1n) is 9.47. The van der Waals surface area contributed by atoms with Gasteiger partial charge in [-0.3, -0.25) is 19.9 Å². The summed E-state index contributed by atoms with van der Waals surface area (Å²) in [7, 11) is 0. The standard InChI is InChI=1S/C24H19N3O3.ClH/c1-15-8-6-7-11-20(15)26-24(28)22-16(2)25-21-13-12-18(27(29)30)14-19(21)23(22)17-9-4-3-5-10-17;/h3-14H,1-2H3,(H,26,28);1H/p-1. The number of carbonyl (C=O) groups excluding carboxylic acids is 1. The summed E-state index contributed by atoms with van der Waals surface area (Å²) in [5, 5.41) is 14.9. The number of benzene rings is 3. The first kappa shape index (κ1) is 21.9. The molecule has 0 saturated heterocycles. The Kier molecular flexibility index (Phi) is 6.32. The van der Waals surface area contributed by atoms with Gasteiger partial charge in [-0.2, -0.15) is 0 Å². The van der Waals surface area contributed by atoms with Crippen LogP contribution < -0.4 is 17.7 Å². The number of para-hydroxylation sites is 1. The van der Waals surface area contributed by atoms with Gasteiger partial charge >= 0.3 is 0 Å². The van der Waals surface area contributed by atoms with Crippen molar-refractivity contribution in [2.45, 2.75) is 13.8 Å². The normalized spacial score (nSPS) is 10.4.